The van der Waals surface area contributed by atoms with Crippen molar-refractivity contribution in [3.8, 4) is 0 Å². The summed E-state index contributed by atoms with van der Waals surface area (Å²) >= 11 is 0. The Morgan fingerprint density at radius 1 is 1.32 bits per heavy atom. The smallest absolute Gasteiger partial charge is 0.224 e. The third-order valence-electron chi connectivity index (χ3n) is 3.77. The van der Waals surface area contributed by atoms with Crippen LogP contribution in [0.4, 0.5) is 15.8 Å². The lowest BCUT2D eigenvalue weighted by Crippen LogP contribution is -2.15. The van der Waals surface area contributed by atoms with Crippen LogP contribution in [0, 0.1) is 11.7 Å². The molecule has 0 radical (unpaired) electrons. The molecule has 0 saturated heterocycles. The van der Waals surface area contributed by atoms with Crippen molar-refractivity contribution < 1.29 is 9.18 Å². The van der Waals surface area contributed by atoms with E-state index in [0.29, 0.717) is 18.0 Å². The van der Waals surface area contributed by atoms with Crippen LogP contribution in [-0.4, -0.2) is 5.91 Å². The van der Waals surface area contributed by atoms with Gasteiger partial charge in [0.25, 0.3) is 0 Å². The number of anilines is 2. The van der Waals surface area contributed by atoms with Crippen molar-refractivity contribution in [2.45, 2.75) is 44.9 Å². The Morgan fingerprint density at radius 2 is 2.05 bits per heavy atom. The van der Waals surface area contributed by atoms with Crippen molar-refractivity contribution in [2.24, 2.45) is 5.92 Å². The molecular weight excluding hydrogens is 243 g/mol. The van der Waals surface area contributed by atoms with E-state index in [-0.39, 0.29) is 11.6 Å². The lowest BCUT2D eigenvalue weighted by molar-refractivity contribution is -0.116. The fraction of sp³-hybridized carbons (Fsp3) is 0.533. The summed E-state index contributed by atoms with van der Waals surface area (Å²) in [7, 11) is 0. The van der Waals surface area contributed by atoms with E-state index < -0.39 is 5.82 Å². The standard InChI is InChI=1S/C15H21FN2O/c16-13-8-7-12(17)10-14(13)18-15(19)9-6-11-4-2-1-3-5-11/h7-8,10-11H,1-6,9,17H2,(H,18,19). The summed E-state index contributed by atoms with van der Waals surface area (Å²) in [6.45, 7) is 0. The monoisotopic (exact) mass is 264 g/mol. The van der Waals surface area contributed by atoms with Gasteiger partial charge in [0, 0.05) is 12.1 Å². The minimum atomic E-state index is -0.444. The Kier molecular flexibility index (Phi) is 4.77. The van der Waals surface area contributed by atoms with Crippen molar-refractivity contribution in [1.82, 2.24) is 0 Å². The first-order chi connectivity index (χ1) is 9.15. The van der Waals surface area contributed by atoms with Crippen molar-refractivity contribution in [3.63, 3.8) is 0 Å². The molecule has 1 aromatic rings. The van der Waals surface area contributed by atoms with Crippen LogP contribution in [0.3, 0.4) is 0 Å². The number of halogens is 1. The molecule has 104 valence electrons. The number of benzene rings is 1. The molecule has 2 rings (SSSR count). The second-order valence-electron chi connectivity index (χ2n) is 5.33. The Morgan fingerprint density at radius 3 is 2.79 bits per heavy atom. The van der Waals surface area contributed by atoms with Gasteiger partial charge in [-0.2, -0.15) is 0 Å². The summed E-state index contributed by atoms with van der Waals surface area (Å²) in [5.41, 5.74) is 6.20. The molecular formula is C15H21FN2O. The van der Waals surface area contributed by atoms with Crippen LogP contribution >= 0.6 is 0 Å². The second-order valence-corrected chi connectivity index (χ2v) is 5.33. The van der Waals surface area contributed by atoms with Gasteiger partial charge in [-0.05, 0) is 30.5 Å². The molecule has 1 aromatic carbocycles. The van der Waals surface area contributed by atoms with Crippen molar-refractivity contribution in [3.05, 3.63) is 24.0 Å². The first-order valence-corrected chi connectivity index (χ1v) is 7.00. The lowest BCUT2D eigenvalue weighted by Gasteiger charge is -2.21. The minimum Gasteiger partial charge on any atom is -0.399 e. The number of nitrogens with two attached hydrogens (primary N) is 1. The normalized spacial score (nSPS) is 16.3. The van der Waals surface area contributed by atoms with E-state index in [1.165, 1.54) is 50.3 Å². The molecule has 1 amide bonds. The minimum absolute atomic E-state index is 0.130. The molecule has 3 N–H and O–H groups in total. The van der Waals surface area contributed by atoms with Crippen LogP contribution in [0.15, 0.2) is 18.2 Å². The molecule has 0 atom stereocenters. The summed E-state index contributed by atoms with van der Waals surface area (Å²) in [6, 6.07) is 4.20. The predicted octanol–water partition coefficient (Wildman–Crippen LogP) is 3.71. The highest BCUT2D eigenvalue weighted by molar-refractivity contribution is 5.91. The van der Waals surface area contributed by atoms with E-state index in [4.69, 9.17) is 5.73 Å². The summed E-state index contributed by atoms with van der Waals surface area (Å²) in [5.74, 6) is 0.0838. The van der Waals surface area contributed by atoms with Crippen LogP contribution in [0.25, 0.3) is 0 Å². The Balaban J connectivity index is 1.81. The number of hydrogen-bond donors (Lipinski definition) is 2. The quantitative estimate of drug-likeness (QED) is 0.814. The van der Waals surface area contributed by atoms with Crippen molar-refractivity contribution in [1.29, 1.82) is 0 Å². The van der Waals surface area contributed by atoms with Gasteiger partial charge < -0.3 is 11.1 Å². The summed E-state index contributed by atoms with van der Waals surface area (Å²) in [4.78, 5) is 11.8. The van der Waals surface area contributed by atoms with E-state index in [0.717, 1.165) is 6.42 Å². The number of carbonyl (C=O) groups is 1. The highest BCUT2D eigenvalue weighted by Crippen LogP contribution is 2.27. The Labute approximate surface area is 113 Å². The highest BCUT2D eigenvalue weighted by atomic mass is 19.1. The molecule has 1 fully saturated rings. The molecule has 0 unspecified atom stereocenters. The highest BCUT2D eigenvalue weighted by Gasteiger charge is 2.15. The lowest BCUT2D eigenvalue weighted by atomic mass is 9.86. The maximum absolute atomic E-state index is 13.5. The Bertz CT molecular complexity index is 442. The van der Waals surface area contributed by atoms with Gasteiger partial charge >= 0.3 is 0 Å². The van der Waals surface area contributed by atoms with Gasteiger partial charge in [0.15, 0.2) is 0 Å². The van der Waals surface area contributed by atoms with E-state index in [9.17, 15) is 9.18 Å². The van der Waals surface area contributed by atoms with Crippen molar-refractivity contribution >= 4 is 17.3 Å². The molecule has 0 spiro atoms. The molecule has 0 aliphatic heterocycles. The predicted molar refractivity (Wildman–Crippen MR) is 75.3 cm³/mol. The van der Waals surface area contributed by atoms with Gasteiger partial charge in [-0.25, -0.2) is 4.39 Å². The van der Waals surface area contributed by atoms with E-state index in [2.05, 4.69) is 5.32 Å². The number of nitrogen functional groups attached to an aromatic ring is 1. The summed E-state index contributed by atoms with van der Waals surface area (Å²) in [6.07, 6.45) is 7.66. The third-order valence-corrected chi connectivity index (χ3v) is 3.77. The molecule has 3 nitrogen and oxygen atoms in total. The summed E-state index contributed by atoms with van der Waals surface area (Å²) < 4.78 is 13.5. The first kappa shape index (κ1) is 13.8. The van der Waals surface area contributed by atoms with E-state index in [1.807, 2.05) is 0 Å². The maximum atomic E-state index is 13.5. The molecule has 19 heavy (non-hydrogen) atoms. The van der Waals surface area contributed by atoms with Gasteiger partial charge in [-0.3, -0.25) is 4.79 Å². The van der Waals surface area contributed by atoms with E-state index in [1.54, 1.807) is 0 Å². The molecule has 4 heteroatoms. The topological polar surface area (TPSA) is 55.1 Å². The molecule has 0 bridgehead atoms. The van der Waals surface area contributed by atoms with Gasteiger partial charge in [0.2, 0.25) is 5.91 Å². The van der Waals surface area contributed by atoms with Crippen molar-refractivity contribution in [2.75, 3.05) is 11.1 Å². The zero-order valence-corrected chi connectivity index (χ0v) is 11.1. The second kappa shape index (κ2) is 6.55. The number of hydrogen-bond acceptors (Lipinski definition) is 2. The fourth-order valence-electron chi connectivity index (χ4n) is 2.66. The molecule has 0 aromatic heterocycles. The number of amides is 1. The van der Waals surface area contributed by atoms with Crippen LogP contribution in [0.5, 0.6) is 0 Å². The van der Waals surface area contributed by atoms with Crippen LogP contribution in [0.1, 0.15) is 44.9 Å². The average Bonchev–Trinajstić information content (AvgIpc) is 2.42. The number of nitrogens with one attached hydrogen (secondary N) is 1. The van der Waals surface area contributed by atoms with Gasteiger partial charge in [-0.15, -0.1) is 0 Å². The van der Waals surface area contributed by atoms with Gasteiger partial charge in [0.05, 0.1) is 5.69 Å². The molecule has 1 saturated carbocycles. The van der Waals surface area contributed by atoms with Crippen LogP contribution < -0.4 is 11.1 Å². The van der Waals surface area contributed by atoms with E-state index >= 15 is 0 Å². The molecule has 0 heterocycles. The van der Waals surface area contributed by atoms with Gasteiger partial charge in [0.1, 0.15) is 5.82 Å². The fourth-order valence-corrected chi connectivity index (χ4v) is 2.66. The first-order valence-electron chi connectivity index (χ1n) is 7.00. The summed E-state index contributed by atoms with van der Waals surface area (Å²) in [5, 5.41) is 2.60. The molecule has 1 aliphatic rings. The van der Waals surface area contributed by atoms with Gasteiger partial charge in [-0.1, -0.05) is 32.1 Å². The number of rotatable bonds is 4. The largest absolute Gasteiger partial charge is 0.399 e. The SMILES string of the molecule is Nc1ccc(F)c(NC(=O)CCC2CCCCC2)c1. The van der Waals surface area contributed by atoms with Crippen LogP contribution in [-0.2, 0) is 4.79 Å². The van der Waals surface area contributed by atoms with Crippen LogP contribution in [0.2, 0.25) is 0 Å². The Hall–Kier alpha value is -1.58. The third kappa shape index (κ3) is 4.23. The average molecular weight is 264 g/mol. The zero-order chi connectivity index (χ0) is 13.7. The molecule has 1 aliphatic carbocycles. The zero-order valence-electron chi connectivity index (χ0n) is 11.1. The maximum Gasteiger partial charge on any atom is 0.224 e. The number of carbonyl (C=O) groups excluding carboxylic acids is 1.